The fraction of sp³-hybridized carbons (Fsp3) is 0.312. The fourth-order valence-corrected chi connectivity index (χ4v) is 2.67. The SMILES string of the molecule is OC(c1ccn(Cc2cn3ccccc3n2)c1)C1CC1. The van der Waals surface area contributed by atoms with Crippen molar-refractivity contribution in [2.75, 3.05) is 0 Å². The quantitative estimate of drug-likeness (QED) is 0.789. The highest BCUT2D eigenvalue weighted by atomic mass is 16.3. The average molecular weight is 267 g/mol. The third-order valence-corrected chi connectivity index (χ3v) is 3.94. The zero-order valence-electron chi connectivity index (χ0n) is 11.2. The zero-order valence-corrected chi connectivity index (χ0v) is 11.2. The molecule has 0 amide bonds. The molecule has 1 fully saturated rings. The second-order valence-electron chi connectivity index (χ2n) is 5.60. The van der Waals surface area contributed by atoms with Crippen molar-refractivity contribution in [2.45, 2.75) is 25.5 Å². The largest absolute Gasteiger partial charge is 0.388 e. The van der Waals surface area contributed by atoms with Crippen LogP contribution in [-0.4, -0.2) is 19.1 Å². The van der Waals surface area contributed by atoms with Crippen LogP contribution in [0.15, 0.2) is 49.1 Å². The molecule has 4 rings (SSSR count). The smallest absolute Gasteiger partial charge is 0.137 e. The van der Waals surface area contributed by atoms with Crippen molar-refractivity contribution in [3.8, 4) is 0 Å². The molecule has 102 valence electrons. The van der Waals surface area contributed by atoms with E-state index in [1.807, 2.05) is 53.5 Å². The number of nitrogens with zero attached hydrogens (tertiary/aromatic N) is 3. The van der Waals surface area contributed by atoms with Gasteiger partial charge in [-0.05, 0) is 42.5 Å². The van der Waals surface area contributed by atoms with Gasteiger partial charge in [0.25, 0.3) is 0 Å². The lowest BCUT2D eigenvalue weighted by molar-refractivity contribution is 0.154. The monoisotopic (exact) mass is 267 g/mol. The summed E-state index contributed by atoms with van der Waals surface area (Å²) in [6.45, 7) is 0.735. The Morgan fingerprint density at radius 3 is 2.90 bits per heavy atom. The number of fused-ring (bicyclic) bond motifs is 1. The van der Waals surface area contributed by atoms with E-state index in [9.17, 15) is 5.11 Å². The molecule has 4 nitrogen and oxygen atoms in total. The summed E-state index contributed by atoms with van der Waals surface area (Å²) in [4.78, 5) is 4.59. The molecule has 1 aliphatic carbocycles. The minimum atomic E-state index is -0.294. The van der Waals surface area contributed by atoms with Crippen molar-refractivity contribution in [3.63, 3.8) is 0 Å². The van der Waals surface area contributed by atoms with Gasteiger partial charge >= 0.3 is 0 Å². The second-order valence-corrected chi connectivity index (χ2v) is 5.60. The maximum atomic E-state index is 10.1. The Morgan fingerprint density at radius 1 is 1.20 bits per heavy atom. The van der Waals surface area contributed by atoms with Crippen LogP contribution in [0.1, 0.15) is 30.2 Å². The van der Waals surface area contributed by atoms with Crippen LogP contribution in [0.2, 0.25) is 0 Å². The Bertz CT molecular complexity index is 706. The molecule has 3 aromatic rings. The Kier molecular flexibility index (Phi) is 2.63. The molecule has 3 heterocycles. The van der Waals surface area contributed by atoms with Gasteiger partial charge in [-0.2, -0.15) is 0 Å². The van der Waals surface area contributed by atoms with Gasteiger partial charge in [-0.1, -0.05) is 6.07 Å². The van der Waals surface area contributed by atoms with E-state index in [-0.39, 0.29) is 6.10 Å². The predicted octanol–water partition coefficient (Wildman–Crippen LogP) is 2.63. The number of pyridine rings is 1. The third kappa shape index (κ3) is 2.12. The molecule has 3 aromatic heterocycles. The predicted molar refractivity (Wildman–Crippen MR) is 76.4 cm³/mol. The molecule has 1 unspecified atom stereocenters. The number of imidazole rings is 1. The Hall–Kier alpha value is -2.07. The van der Waals surface area contributed by atoms with Gasteiger partial charge in [0, 0.05) is 24.8 Å². The molecule has 0 aromatic carbocycles. The molecule has 0 bridgehead atoms. The molecular formula is C16H17N3O. The minimum Gasteiger partial charge on any atom is -0.388 e. The minimum absolute atomic E-state index is 0.294. The van der Waals surface area contributed by atoms with Gasteiger partial charge in [0.05, 0.1) is 18.3 Å². The Morgan fingerprint density at radius 2 is 2.10 bits per heavy atom. The van der Waals surface area contributed by atoms with Gasteiger partial charge in [0.2, 0.25) is 0 Å². The van der Waals surface area contributed by atoms with Crippen molar-refractivity contribution in [1.82, 2.24) is 14.0 Å². The first-order valence-electron chi connectivity index (χ1n) is 7.06. The molecule has 0 aliphatic heterocycles. The molecule has 1 aliphatic rings. The average Bonchev–Trinajstić information content (AvgIpc) is 3.07. The Balaban J connectivity index is 1.56. The zero-order chi connectivity index (χ0) is 13.5. The van der Waals surface area contributed by atoms with Crippen molar-refractivity contribution < 1.29 is 5.11 Å². The molecular weight excluding hydrogens is 250 g/mol. The summed E-state index contributed by atoms with van der Waals surface area (Å²) in [6.07, 6.45) is 10.1. The van der Waals surface area contributed by atoms with Crippen LogP contribution >= 0.6 is 0 Å². The van der Waals surface area contributed by atoms with Gasteiger partial charge in [0.15, 0.2) is 0 Å². The van der Waals surface area contributed by atoms with Gasteiger partial charge in [-0.15, -0.1) is 0 Å². The normalized spacial score (nSPS) is 16.6. The van der Waals surface area contributed by atoms with Gasteiger partial charge in [-0.3, -0.25) is 0 Å². The maximum Gasteiger partial charge on any atom is 0.137 e. The second kappa shape index (κ2) is 4.49. The molecule has 0 saturated heterocycles. The van der Waals surface area contributed by atoms with Crippen LogP contribution in [0.5, 0.6) is 0 Å². The Labute approximate surface area is 117 Å². The highest BCUT2D eigenvalue weighted by molar-refractivity contribution is 5.39. The van der Waals surface area contributed by atoms with E-state index in [0.29, 0.717) is 5.92 Å². The number of hydrogen-bond donors (Lipinski definition) is 1. The molecule has 0 spiro atoms. The first-order chi connectivity index (χ1) is 9.79. The van der Waals surface area contributed by atoms with Crippen LogP contribution in [0.4, 0.5) is 0 Å². The van der Waals surface area contributed by atoms with Crippen molar-refractivity contribution >= 4 is 5.65 Å². The summed E-state index contributed by atoms with van der Waals surface area (Å²) in [7, 11) is 0. The summed E-state index contributed by atoms with van der Waals surface area (Å²) in [6, 6.07) is 8.00. The van der Waals surface area contributed by atoms with E-state index in [1.165, 1.54) is 0 Å². The van der Waals surface area contributed by atoms with E-state index < -0.39 is 0 Å². The molecule has 1 saturated carbocycles. The van der Waals surface area contributed by atoms with E-state index >= 15 is 0 Å². The number of aliphatic hydroxyl groups is 1. The van der Waals surface area contributed by atoms with Gasteiger partial charge < -0.3 is 14.1 Å². The number of rotatable bonds is 4. The summed E-state index contributed by atoms with van der Waals surface area (Å²) in [5.41, 5.74) is 3.02. The summed E-state index contributed by atoms with van der Waals surface area (Å²) in [5.74, 6) is 0.473. The standard InChI is InChI=1S/C16H17N3O/c20-16(12-4-5-12)13-6-8-18(9-13)10-14-11-19-7-2-1-3-15(19)17-14/h1-3,6-9,11-12,16,20H,4-5,10H2. The van der Waals surface area contributed by atoms with Crippen LogP contribution in [0.25, 0.3) is 5.65 Å². The number of aromatic nitrogens is 3. The van der Waals surface area contributed by atoms with Crippen molar-refractivity contribution in [2.24, 2.45) is 5.92 Å². The van der Waals surface area contributed by atoms with E-state index in [2.05, 4.69) is 9.55 Å². The molecule has 20 heavy (non-hydrogen) atoms. The van der Waals surface area contributed by atoms with Crippen molar-refractivity contribution in [3.05, 3.63) is 60.3 Å². The molecule has 1 atom stereocenters. The van der Waals surface area contributed by atoms with Gasteiger partial charge in [0.1, 0.15) is 5.65 Å². The lowest BCUT2D eigenvalue weighted by Gasteiger charge is -2.05. The highest BCUT2D eigenvalue weighted by Crippen LogP contribution is 2.40. The van der Waals surface area contributed by atoms with Gasteiger partial charge in [-0.25, -0.2) is 4.98 Å². The first kappa shape index (κ1) is 11.7. The summed E-state index contributed by atoms with van der Waals surface area (Å²) in [5, 5.41) is 10.1. The third-order valence-electron chi connectivity index (χ3n) is 3.94. The molecule has 4 heteroatoms. The van der Waals surface area contributed by atoms with Crippen LogP contribution < -0.4 is 0 Å². The maximum absolute atomic E-state index is 10.1. The first-order valence-corrected chi connectivity index (χ1v) is 7.06. The van der Waals surface area contributed by atoms with Crippen LogP contribution in [-0.2, 0) is 6.54 Å². The van der Waals surface area contributed by atoms with Crippen molar-refractivity contribution in [1.29, 1.82) is 0 Å². The molecule has 0 radical (unpaired) electrons. The number of aliphatic hydroxyl groups excluding tert-OH is 1. The topological polar surface area (TPSA) is 42.5 Å². The molecule has 1 N–H and O–H groups in total. The lowest BCUT2D eigenvalue weighted by Crippen LogP contribution is -1.99. The number of hydrogen-bond acceptors (Lipinski definition) is 2. The highest BCUT2D eigenvalue weighted by Gasteiger charge is 2.31. The lowest BCUT2D eigenvalue weighted by atomic mass is 10.1. The summed E-state index contributed by atoms with van der Waals surface area (Å²) < 4.78 is 4.11. The fourth-order valence-electron chi connectivity index (χ4n) is 2.67. The van der Waals surface area contributed by atoms with E-state index in [1.54, 1.807) is 0 Å². The summed E-state index contributed by atoms with van der Waals surface area (Å²) >= 11 is 0. The van der Waals surface area contributed by atoms with Crippen LogP contribution in [0, 0.1) is 5.92 Å². The van der Waals surface area contributed by atoms with Crippen LogP contribution in [0.3, 0.4) is 0 Å². The van der Waals surface area contributed by atoms with E-state index in [4.69, 9.17) is 0 Å². The van der Waals surface area contributed by atoms with E-state index in [0.717, 1.165) is 36.3 Å².